The number of thiazole rings is 1. The molecule has 0 bridgehead atoms. The summed E-state index contributed by atoms with van der Waals surface area (Å²) in [4.78, 5) is 28.3. The fourth-order valence-electron chi connectivity index (χ4n) is 3.33. The summed E-state index contributed by atoms with van der Waals surface area (Å²) in [5.74, 6) is 0.685. The smallest absolute Gasteiger partial charge is 0.274 e. The minimum Gasteiger partial charge on any atom is -0.456 e. The number of para-hydroxylation sites is 2. The van der Waals surface area contributed by atoms with Crippen LogP contribution in [-0.2, 0) is 0 Å². The molecule has 2 heterocycles. The van der Waals surface area contributed by atoms with E-state index in [0.717, 1.165) is 16.6 Å². The average Bonchev–Trinajstić information content (AvgIpc) is 3.31. The van der Waals surface area contributed by atoms with E-state index in [1.807, 2.05) is 30.3 Å². The van der Waals surface area contributed by atoms with Crippen LogP contribution in [0.15, 0.2) is 71.5 Å². The predicted molar refractivity (Wildman–Crippen MR) is 120 cm³/mol. The average molecular weight is 440 g/mol. The van der Waals surface area contributed by atoms with Crippen molar-refractivity contribution in [1.82, 2.24) is 9.38 Å². The summed E-state index contributed by atoms with van der Waals surface area (Å²) < 4.78 is 7.89. The molecule has 2 aromatic heterocycles. The SMILES string of the molecule is N#Cc1cc([N+](=O)[O-])ccc1Oc1ccc(C=c2sc3nc4ccccc4n3c2=O)cc1. The first-order valence-electron chi connectivity index (χ1n) is 9.42. The van der Waals surface area contributed by atoms with Crippen LogP contribution in [0.1, 0.15) is 11.1 Å². The molecule has 0 spiro atoms. The Kier molecular flexibility index (Phi) is 4.62. The van der Waals surface area contributed by atoms with E-state index < -0.39 is 4.92 Å². The maximum Gasteiger partial charge on any atom is 0.274 e. The summed E-state index contributed by atoms with van der Waals surface area (Å²) in [5.41, 5.74) is 2.13. The van der Waals surface area contributed by atoms with Crippen LogP contribution in [0, 0.1) is 21.4 Å². The van der Waals surface area contributed by atoms with Gasteiger partial charge in [-0.15, -0.1) is 0 Å². The third kappa shape index (κ3) is 3.34. The Labute approximate surface area is 184 Å². The van der Waals surface area contributed by atoms with Gasteiger partial charge in [0.2, 0.25) is 0 Å². The largest absolute Gasteiger partial charge is 0.456 e. The minimum absolute atomic E-state index is 0.0694. The highest BCUT2D eigenvalue weighted by Gasteiger charge is 2.13. The highest BCUT2D eigenvalue weighted by Crippen LogP contribution is 2.28. The summed E-state index contributed by atoms with van der Waals surface area (Å²) in [5, 5.41) is 20.1. The number of nitrogens with zero attached hydrogens (tertiary/aromatic N) is 4. The van der Waals surface area contributed by atoms with Gasteiger partial charge < -0.3 is 4.74 Å². The van der Waals surface area contributed by atoms with E-state index in [2.05, 4.69) is 4.98 Å². The number of imidazole rings is 1. The number of fused-ring (bicyclic) bond motifs is 3. The van der Waals surface area contributed by atoms with Crippen molar-refractivity contribution in [2.24, 2.45) is 0 Å². The zero-order valence-corrected chi connectivity index (χ0v) is 17.1. The molecule has 0 radical (unpaired) electrons. The van der Waals surface area contributed by atoms with Crippen molar-refractivity contribution >= 4 is 39.1 Å². The number of hydrogen-bond acceptors (Lipinski definition) is 7. The standard InChI is InChI=1S/C23H12N4O4S/c24-13-15-12-16(27(29)30)7-10-20(15)31-17-8-5-14(6-9-17)11-21-22(28)26-19-4-2-1-3-18(19)25-23(26)32-21/h1-12H. The molecule has 5 aromatic rings. The first-order chi connectivity index (χ1) is 15.5. The highest BCUT2D eigenvalue weighted by molar-refractivity contribution is 7.15. The lowest BCUT2D eigenvalue weighted by molar-refractivity contribution is -0.384. The number of hydrogen-bond donors (Lipinski definition) is 0. The molecule has 0 aliphatic carbocycles. The van der Waals surface area contributed by atoms with Gasteiger partial charge in [-0.25, -0.2) is 9.38 Å². The van der Waals surface area contributed by atoms with Crippen LogP contribution in [0.5, 0.6) is 11.5 Å². The van der Waals surface area contributed by atoms with Crippen molar-refractivity contribution < 1.29 is 9.66 Å². The van der Waals surface area contributed by atoms with E-state index in [9.17, 15) is 20.2 Å². The highest BCUT2D eigenvalue weighted by atomic mass is 32.1. The molecule has 0 fully saturated rings. The molecule has 3 aromatic carbocycles. The van der Waals surface area contributed by atoms with Crippen molar-refractivity contribution in [2.45, 2.75) is 0 Å². The van der Waals surface area contributed by atoms with Gasteiger partial charge in [-0.1, -0.05) is 35.6 Å². The molecule has 5 rings (SSSR count). The molecule has 0 saturated carbocycles. The van der Waals surface area contributed by atoms with E-state index in [0.29, 0.717) is 15.2 Å². The second-order valence-corrected chi connectivity index (χ2v) is 7.86. The number of aromatic nitrogens is 2. The van der Waals surface area contributed by atoms with E-state index in [1.54, 1.807) is 34.7 Å². The molecule has 9 heteroatoms. The van der Waals surface area contributed by atoms with Crippen LogP contribution in [0.2, 0.25) is 0 Å². The van der Waals surface area contributed by atoms with Crippen molar-refractivity contribution in [1.29, 1.82) is 5.26 Å². The van der Waals surface area contributed by atoms with Crippen molar-refractivity contribution in [3.8, 4) is 17.6 Å². The first-order valence-corrected chi connectivity index (χ1v) is 10.2. The molecule has 8 nitrogen and oxygen atoms in total. The zero-order valence-electron chi connectivity index (χ0n) is 16.3. The third-order valence-corrected chi connectivity index (χ3v) is 5.81. The number of rotatable bonds is 4. The monoisotopic (exact) mass is 440 g/mol. The maximum absolute atomic E-state index is 12.9. The molecule has 0 amide bonds. The molecule has 32 heavy (non-hydrogen) atoms. The van der Waals surface area contributed by atoms with Crippen LogP contribution in [0.4, 0.5) is 5.69 Å². The fraction of sp³-hybridized carbons (Fsp3) is 0. The number of nitro groups is 1. The van der Waals surface area contributed by atoms with Crippen LogP contribution < -0.4 is 14.8 Å². The number of nitro benzene ring substituents is 1. The topological polar surface area (TPSA) is 111 Å². The quantitative estimate of drug-likeness (QED) is 0.308. The van der Waals surface area contributed by atoms with Gasteiger partial charge in [-0.05, 0) is 42.0 Å². The third-order valence-electron chi connectivity index (χ3n) is 4.85. The van der Waals surface area contributed by atoms with E-state index in [1.165, 1.54) is 29.5 Å². The van der Waals surface area contributed by atoms with Crippen LogP contribution in [-0.4, -0.2) is 14.3 Å². The number of non-ortho nitro benzene ring substituents is 1. The molecule has 0 unspecified atom stereocenters. The normalized spacial score (nSPS) is 11.7. The van der Waals surface area contributed by atoms with Crippen molar-refractivity contribution in [2.75, 3.05) is 0 Å². The molecule has 0 aliphatic rings. The fourth-order valence-corrected chi connectivity index (χ4v) is 4.32. The molecular formula is C23H12N4O4S. The van der Waals surface area contributed by atoms with Gasteiger partial charge in [-0.2, -0.15) is 5.26 Å². The lowest BCUT2D eigenvalue weighted by Crippen LogP contribution is -2.22. The Hall–Kier alpha value is -4.55. The van der Waals surface area contributed by atoms with Gasteiger partial charge in [0.05, 0.1) is 20.5 Å². The Morgan fingerprint density at radius 3 is 2.66 bits per heavy atom. The van der Waals surface area contributed by atoms with Gasteiger partial charge in [0.1, 0.15) is 23.1 Å². The van der Waals surface area contributed by atoms with Crippen LogP contribution in [0.25, 0.3) is 22.1 Å². The van der Waals surface area contributed by atoms with Gasteiger partial charge in [0.25, 0.3) is 11.2 Å². The molecule has 0 saturated heterocycles. The number of nitriles is 1. The molecule has 0 atom stereocenters. The van der Waals surface area contributed by atoms with Gasteiger partial charge in [0.15, 0.2) is 4.96 Å². The summed E-state index contributed by atoms with van der Waals surface area (Å²) in [6.07, 6.45) is 1.78. The zero-order chi connectivity index (χ0) is 22.2. The Balaban J connectivity index is 1.45. The predicted octanol–water partition coefficient (Wildman–Crippen LogP) is 4.03. The van der Waals surface area contributed by atoms with Crippen LogP contribution >= 0.6 is 11.3 Å². The molecule has 0 aliphatic heterocycles. The molecule has 154 valence electrons. The second kappa shape index (κ2) is 7.61. The molecule has 0 N–H and O–H groups in total. The maximum atomic E-state index is 12.9. The van der Waals surface area contributed by atoms with Crippen molar-refractivity contribution in [3.63, 3.8) is 0 Å². The molecular weight excluding hydrogens is 428 g/mol. The lowest BCUT2D eigenvalue weighted by atomic mass is 10.2. The van der Waals surface area contributed by atoms with Crippen LogP contribution in [0.3, 0.4) is 0 Å². The van der Waals surface area contributed by atoms with Crippen molar-refractivity contribution in [3.05, 3.63) is 103 Å². The lowest BCUT2D eigenvalue weighted by Gasteiger charge is -2.07. The summed E-state index contributed by atoms with van der Waals surface area (Å²) in [6, 6.07) is 20.2. The Bertz CT molecular complexity index is 1660. The first kappa shape index (κ1) is 19.4. The Morgan fingerprint density at radius 2 is 1.91 bits per heavy atom. The summed E-state index contributed by atoms with van der Waals surface area (Å²) in [7, 11) is 0. The second-order valence-electron chi connectivity index (χ2n) is 6.85. The minimum atomic E-state index is -0.565. The number of ether oxygens (including phenoxy) is 1. The van der Waals surface area contributed by atoms with Gasteiger partial charge >= 0.3 is 0 Å². The van der Waals surface area contributed by atoms with Gasteiger partial charge in [0, 0.05) is 12.1 Å². The van der Waals surface area contributed by atoms with E-state index in [-0.39, 0.29) is 22.6 Å². The summed E-state index contributed by atoms with van der Waals surface area (Å²) in [6.45, 7) is 0. The van der Waals surface area contributed by atoms with E-state index in [4.69, 9.17) is 4.74 Å². The Morgan fingerprint density at radius 1 is 1.12 bits per heavy atom. The van der Waals surface area contributed by atoms with Gasteiger partial charge in [-0.3, -0.25) is 14.9 Å². The van der Waals surface area contributed by atoms with E-state index >= 15 is 0 Å². The summed E-state index contributed by atoms with van der Waals surface area (Å²) >= 11 is 1.32. The number of benzene rings is 3.